The number of aromatic nitrogens is 28. The van der Waals surface area contributed by atoms with E-state index in [0.717, 1.165) is 0 Å². The van der Waals surface area contributed by atoms with Crippen molar-refractivity contribution in [2.45, 2.75) is 18.3 Å². The molecule has 24 N–H and O–H groups in total. The lowest BCUT2D eigenvalue weighted by molar-refractivity contribution is -0.342. The Morgan fingerprint density at radius 3 is 0.765 bits per heavy atom. The molecule has 0 unspecified atom stereocenters. The molecule has 0 amide bonds. The van der Waals surface area contributed by atoms with Crippen LogP contribution in [0.1, 0.15) is 41.6 Å². The Hall–Kier alpha value is -8.76. The molecule has 8 aromatic heterocycles. The molecule has 0 bridgehead atoms. The molecule has 36 nitrogen and oxygen atoms in total. The van der Waals surface area contributed by atoms with Crippen LogP contribution < -0.4 is 86.2 Å². The molecule has 268 valence electrons. The first-order chi connectivity index (χ1) is 24.6. The Morgan fingerprint density at radius 2 is 0.647 bits per heavy atom. The Labute approximate surface area is 278 Å². The fourth-order valence-corrected chi connectivity index (χ4v) is 3.31. The molecule has 0 aromatic carbocycles. The largest absolute Gasteiger partial charge is 0.343 e. The van der Waals surface area contributed by atoms with E-state index in [9.17, 15) is 0 Å². The third-order valence-electron chi connectivity index (χ3n) is 5.29. The Kier molecular flexibility index (Phi) is 11.9. The summed E-state index contributed by atoms with van der Waals surface area (Å²) in [7, 11) is 0. The normalized spacial score (nSPS) is 10.2. The van der Waals surface area contributed by atoms with Crippen LogP contribution >= 0.6 is 0 Å². The Balaban J connectivity index is 0.000000169. The van der Waals surface area contributed by atoms with Gasteiger partial charge >= 0.3 is 47.6 Å². The van der Waals surface area contributed by atoms with Gasteiger partial charge in [-0.2, -0.15) is 41.2 Å². The Morgan fingerprint density at radius 1 is 0.412 bits per heavy atom. The van der Waals surface area contributed by atoms with Crippen molar-refractivity contribution in [3.05, 3.63) is 23.3 Å². The van der Waals surface area contributed by atoms with Gasteiger partial charge in [-0.1, -0.05) is 0 Å². The first-order valence-corrected chi connectivity index (χ1v) is 13.3. The topological polar surface area (TPSA) is 591 Å². The third kappa shape index (κ3) is 11.2. The molecule has 0 atom stereocenters. The molecule has 51 heavy (non-hydrogen) atoms. The van der Waals surface area contributed by atoms with Crippen LogP contribution in [0.5, 0.6) is 0 Å². The standard InChI is InChI=1S/C7H4N16.4C2H5N5/c1(2(4-8-16-17-9-4)5-10-18-19-11-5)3(6-12-20-21-13-6)7-14-22-23-15-7;4*3-1-5-2(4)7-6-1/h2-3H,1H2;4*(H5,3,4,5,6,7)/q-4;;;;/p+4. The highest BCUT2D eigenvalue weighted by Crippen LogP contribution is 2.31. The second-order valence-corrected chi connectivity index (χ2v) is 8.88. The lowest BCUT2D eigenvalue weighted by atomic mass is 9.92. The van der Waals surface area contributed by atoms with Crippen LogP contribution in [-0.4, -0.2) is 103 Å². The smallest absolute Gasteiger partial charge is 0.335 e. The average molecular weight is 713 g/mol. The van der Waals surface area contributed by atoms with Crippen molar-refractivity contribution in [1.29, 1.82) is 0 Å². The van der Waals surface area contributed by atoms with E-state index >= 15 is 0 Å². The van der Waals surface area contributed by atoms with Crippen LogP contribution in [0, 0.1) is 0 Å². The zero-order valence-electron chi connectivity index (χ0n) is 25.4. The summed E-state index contributed by atoms with van der Waals surface area (Å²) in [5.74, 6) is 2.84. The van der Waals surface area contributed by atoms with Gasteiger partial charge in [0.1, 0.15) is 0 Å². The minimum atomic E-state index is -0.526. The summed E-state index contributed by atoms with van der Waals surface area (Å²) in [5, 5.41) is 82.0. The maximum absolute atomic E-state index is 5.12. The first kappa shape index (κ1) is 35.1. The van der Waals surface area contributed by atoms with Gasteiger partial charge < -0.3 is 66.3 Å². The maximum Gasteiger partial charge on any atom is 0.343 e. The van der Waals surface area contributed by atoms with Crippen molar-refractivity contribution in [2.75, 3.05) is 45.9 Å². The van der Waals surface area contributed by atoms with E-state index in [-0.39, 0.29) is 6.42 Å². The number of aromatic amines is 8. The van der Waals surface area contributed by atoms with Gasteiger partial charge in [0.25, 0.3) is 0 Å². The number of nitrogens with two attached hydrogens (primary N) is 8. The number of nitrogens with zero attached hydrogens (tertiary/aromatic N) is 20. The number of hydrogen-bond donors (Lipinski definition) is 12. The highest BCUT2D eigenvalue weighted by molar-refractivity contribution is 5.15. The molecule has 0 spiro atoms. The van der Waals surface area contributed by atoms with Gasteiger partial charge in [0.05, 0.1) is 0 Å². The van der Waals surface area contributed by atoms with Gasteiger partial charge in [0.15, 0.2) is 0 Å². The second kappa shape index (κ2) is 17.2. The van der Waals surface area contributed by atoms with Gasteiger partial charge in [-0.05, 0) is 26.8 Å². The van der Waals surface area contributed by atoms with Crippen LogP contribution in [-0.2, 0) is 0 Å². The predicted molar refractivity (Wildman–Crippen MR) is 157 cm³/mol. The van der Waals surface area contributed by atoms with Crippen molar-refractivity contribution in [1.82, 2.24) is 123 Å². The van der Waals surface area contributed by atoms with Crippen LogP contribution in [0.2, 0.25) is 0 Å². The summed E-state index contributed by atoms with van der Waals surface area (Å²) in [6.45, 7) is 0. The number of nitrogen functional groups attached to an aromatic ring is 8. The summed E-state index contributed by atoms with van der Waals surface area (Å²) in [6.07, 6.45) is 0.279. The minimum absolute atomic E-state index is 0.279. The van der Waals surface area contributed by atoms with Crippen molar-refractivity contribution in [3.8, 4) is 0 Å². The first-order valence-electron chi connectivity index (χ1n) is 13.3. The molecular formula is C15H28N36. The predicted octanol–water partition coefficient (Wildman–Crippen LogP) is -10.8. The van der Waals surface area contributed by atoms with Gasteiger partial charge in [-0.3, -0.25) is 41.2 Å². The summed E-state index contributed by atoms with van der Waals surface area (Å²) in [5.41, 5.74) is 40.9. The van der Waals surface area contributed by atoms with Gasteiger partial charge in [0.2, 0.25) is 0 Å². The molecule has 0 aliphatic carbocycles. The molecule has 0 saturated heterocycles. The van der Waals surface area contributed by atoms with E-state index in [4.69, 9.17) is 45.9 Å². The molecule has 0 aliphatic heterocycles. The lowest BCUT2D eigenvalue weighted by Gasteiger charge is -2.24. The molecule has 0 fully saturated rings. The Bertz CT molecular complexity index is 1660. The summed E-state index contributed by atoms with van der Waals surface area (Å²) in [4.78, 5) is 10.1. The molecule has 0 saturated carbocycles. The third-order valence-corrected chi connectivity index (χ3v) is 5.29. The zero-order valence-corrected chi connectivity index (χ0v) is 25.4. The maximum atomic E-state index is 5.12. The number of hydrogen-bond acceptors (Lipinski definition) is 24. The highest BCUT2D eigenvalue weighted by Gasteiger charge is 2.22. The summed E-state index contributed by atoms with van der Waals surface area (Å²) >= 11 is 0. The fourth-order valence-electron chi connectivity index (χ4n) is 3.31. The number of nitrogens with one attached hydrogen (secondary N) is 8. The van der Waals surface area contributed by atoms with Crippen LogP contribution in [0.3, 0.4) is 0 Å². The molecule has 8 heterocycles. The van der Waals surface area contributed by atoms with E-state index < -0.39 is 11.8 Å². The number of anilines is 8. The lowest BCUT2D eigenvalue weighted by Crippen LogP contribution is -2.16. The monoisotopic (exact) mass is 712 g/mol. The molecule has 0 aliphatic rings. The highest BCUT2D eigenvalue weighted by atomic mass is 15.5. The second-order valence-electron chi connectivity index (χ2n) is 8.88. The quantitative estimate of drug-likeness (QED) is 0.0761. The van der Waals surface area contributed by atoms with Gasteiger partial charge in [-0.25, -0.2) is 19.9 Å². The number of rotatable bonds is 6. The van der Waals surface area contributed by atoms with E-state index in [1.807, 2.05) is 0 Å². The van der Waals surface area contributed by atoms with E-state index in [2.05, 4.69) is 143 Å². The number of tetrazole rings is 4. The number of H-pyrrole nitrogens is 8. The average Bonchev–Trinajstić information content (AvgIpc) is 3.94. The molecule has 8 rings (SSSR count). The zero-order chi connectivity index (χ0) is 36.6. The molecule has 36 heteroatoms. The summed E-state index contributed by atoms with van der Waals surface area (Å²) in [6, 6.07) is 0. The van der Waals surface area contributed by atoms with Crippen molar-refractivity contribution < 1.29 is 19.9 Å². The van der Waals surface area contributed by atoms with E-state index in [1.165, 1.54) is 0 Å². The van der Waals surface area contributed by atoms with Gasteiger partial charge in [-0.15, -0.1) is 0 Å². The van der Waals surface area contributed by atoms with Crippen molar-refractivity contribution in [2.24, 2.45) is 0 Å². The molecular weight excluding hydrogens is 684 g/mol. The van der Waals surface area contributed by atoms with Gasteiger partial charge in [0, 0.05) is 35.1 Å². The van der Waals surface area contributed by atoms with E-state index in [0.29, 0.717) is 70.9 Å². The van der Waals surface area contributed by atoms with Crippen LogP contribution in [0.25, 0.3) is 0 Å². The molecule has 0 radical (unpaired) electrons. The summed E-state index contributed by atoms with van der Waals surface area (Å²) < 4.78 is 0. The van der Waals surface area contributed by atoms with E-state index in [1.54, 1.807) is 0 Å². The van der Waals surface area contributed by atoms with Crippen LogP contribution in [0.4, 0.5) is 47.6 Å². The molecule has 8 aromatic rings. The SMILES string of the molecule is C(C(c1nnn[n-]1)c1nnn[n-]1)C(c1nnn[n-]1)c1nnn[n-]1.Nc1n[nH]c(N)[nH+]1.Nc1n[nH]c(N)[nH+]1.Nc1n[nH]c(N)[nH+]1.Nc1n[nH]c(N)[nH+]1. The van der Waals surface area contributed by atoms with Crippen LogP contribution in [0.15, 0.2) is 0 Å². The van der Waals surface area contributed by atoms with Crippen molar-refractivity contribution in [3.63, 3.8) is 0 Å². The van der Waals surface area contributed by atoms with Crippen molar-refractivity contribution >= 4 is 47.6 Å². The minimum Gasteiger partial charge on any atom is -0.335 e. The fraction of sp³-hybridized carbons (Fsp3) is 0.200.